The first-order chi connectivity index (χ1) is 11.3. The van der Waals surface area contributed by atoms with E-state index in [0.717, 1.165) is 28.9 Å². The van der Waals surface area contributed by atoms with E-state index in [1.165, 1.54) is 0 Å². The van der Waals surface area contributed by atoms with Crippen molar-refractivity contribution in [2.24, 2.45) is 0 Å². The first-order valence-corrected chi connectivity index (χ1v) is 8.46. The fourth-order valence-electron chi connectivity index (χ4n) is 3.36. The zero-order chi connectivity index (χ0) is 17.4. The van der Waals surface area contributed by atoms with Crippen LogP contribution in [0.2, 0.25) is 5.02 Å². The number of carbonyl (C=O) groups excluding carboxylic acids is 1. The van der Waals surface area contributed by atoms with Gasteiger partial charge >= 0.3 is 0 Å². The van der Waals surface area contributed by atoms with Crippen LogP contribution in [0, 0.1) is 20.8 Å². The number of halogens is 1. The molecule has 0 spiro atoms. The van der Waals surface area contributed by atoms with Crippen LogP contribution < -0.4 is 0 Å². The van der Waals surface area contributed by atoms with Crippen LogP contribution in [0.5, 0.6) is 5.75 Å². The molecule has 4 nitrogen and oxygen atoms in total. The van der Waals surface area contributed by atoms with Gasteiger partial charge in [-0.3, -0.25) is 9.78 Å². The first-order valence-electron chi connectivity index (χ1n) is 8.08. The molecule has 1 fully saturated rings. The van der Waals surface area contributed by atoms with Crippen molar-refractivity contribution in [1.82, 2.24) is 9.88 Å². The van der Waals surface area contributed by atoms with Crippen LogP contribution in [0.3, 0.4) is 0 Å². The molecule has 1 saturated heterocycles. The molecule has 1 N–H and O–H groups in total. The Balaban J connectivity index is 1.80. The molecule has 24 heavy (non-hydrogen) atoms. The molecule has 0 radical (unpaired) electrons. The number of hydrogen-bond acceptors (Lipinski definition) is 3. The highest BCUT2D eigenvalue weighted by atomic mass is 35.5. The maximum atomic E-state index is 12.7. The van der Waals surface area contributed by atoms with Gasteiger partial charge in [0.1, 0.15) is 5.75 Å². The molecule has 1 unspecified atom stereocenters. The highest BCUT2D eigenvalue weighted by Gasteiger charge is 2.30. The van der Waals surface area contributed by atoms with Gasteiger partial charge in [0.2, 0.25) is 0 Å². The average Bonchev–Trinajstić information content (AvgIpc) is 2.98. The van der Waals surface area contributed by atoms with Crippen molar-refractivity contribution in [1.29, 1.82) is 0 Å². The normalized spacial score (nSPS) is 17.3. The van der Waals surface area contributed by atoms with Crippen LogP contribution in [0.1, 0.15) is 45.2 Å². The molecule has 2 aromatic rings. The minimum absolute atomic E-state index is 0.0243. The Kier molecular flexibility index (Phi) is 4.50. The minimum atomic E-state index is 0.0243. The zero-order valence-corrected chi connectivity index (χ0v) is 14.9. The second-order valence-corrected chi connectivity index (χ2v) is 6.94. The van der Waals surface area contributed by atoms with Gasteiger partial charge < -0.3 is 10.0 Å². The summed E-state index contributed by atoms with van der Waals surface area (Å²) in [5.74, 6) is 0.366. The standard InChI is InChI=1S/C19H21ClN2O2/c1-11-6-16(18(23)9-17(11)20)14-4-5-22(10-14)19(24)15-7-12(2)21-13(3)8-15/h6-9,14,23H,4-5,10H2,1-3H3. The third kappa shape index (κ3) is 3.24. The lowest BCUT2D eigenvalue weighted by Crippen LogP contribution is -2.28. The van der Waals surface area contributed by atoms with Crippen molar-refractivity contribution in [2.75, 3.05) is 13.1 Å². The highest BCUT2D eigenvalue weighted by molar-refractivity contribution is 6.31. The number of benzene rings is 1. The van der Waals surface area contributed by atoms with E-state index in [9.17, 15) is 9.90 Å². The molecule has 0 aliphatic carbocycles. The smallest absolute Gasteiger partial charge is 0.254 e. The topological polar surface area (TPSA) is 53.4 Å². The molecule has 5 heteroatoms. The van der Waals surface area contributed by atoms with Gasteiger partial charge in [0, 0.05) is 41.0 Å². The van der Waals surface area contributed by atoms with E-state index in [1.807, 2.05) is 43.9 Å². The van der Waals surface area contributed by atoms with E-state index in [2.05, 4.69) is 4.98 Å². The van der Waals surface area contributed by atoms with E-state index in [1.54, 1.807) is 6.07 Å². The molecule has 126 valence electrons. The number of rotatable bonds is 2. The highest BCUT2D eigenvalue weighted by Crippen LogP contribution is 2.36. The Hall–Kier alpha value is -2.07. The first kappa shape index (κ1) is 16.8. The minimum Gasteiger partial charge on any atom is -0.508 e. The third-order valence-electron chi connectivity index (χ3n) is 4.55. The summed E-state index contributed by atoms with van der Waals surface area (Å²) in [6.07, 6.45) is 0.837. The summed E-state index contributed by atoms with van der Waals surface area (Å²) in [5.41, 5.74) is 4.18. The third-order valence-corrected chi connectivity index (χ3v) is 4.96. The number of aryl methyl sites for hydroxylation is 3. The van der Waals surface area contributed by atoms with Gasteiger partial charge in [-0.15, -0.1) is 0 Å². The molecule has 0 saturated carbocycles. The van der Waals surface area contributed by atoms with E-state index < -0.39 is 0 Å². The molecule has 1 amide bonds. The molecular formula is C19H21ClN2O2. The fraction of sp³-hybridized carbons (Fsp3) is 0.368. The van der Waals surface area contributed by atoms with Gasteiger partial charge in [-0.2, -0.15) is 0 Å². The molecule has 1 aromatic heterocycles. The van der Waals surface area contributed by atoms with Crippen LogP contribution >= 0.6 is 11.6 Å². The van der Waals surface area contributed by atoms with E-state index in [0.29, 0.717) is 23.7 Å². The van der Waals surface area contributed by atoms with Crippen molar-refractivity contribution >= 4 is 17.5 Å². The van der Waals surface area contributed by atoms with Crippen LogP contribution in [0.4, 0.5) is 0 Å². The molecule has 1 aromatic carbocycles. The summed E-state index contributed by atoms with van der Waals surface area (Å²) in [7, 11) is 0. The van der Waals surface area contributed by atoms with Crippen LogP contribution in [-0.4, -0.2) is 34.0 Å². The van der Waals surface area contributed by atoms with Crippen LogP contribution in [0.15, 0.2) is 24.3 Å². The Morgan fingerprint density at radius 2 is 1.88 bits per heavy atom. The number of phenolic OH excluding ortho intramolecular Hbond substituents is 1. The summed E-state index contributed by atoms with van der Waals surface area (Å²) in [4.78, 5) is 18.9. The zero-order valence-electron chi connectivity index (χ0n) is 14.1. The van der Waals surface area contributed by atoms with Gasteiger partial charge in [0.15, 0.2) is 0 Å². The Morgan fingerprint density at radius 3 is 2.54 bits per heavy atom. The quantitative estimate of drug-likeness (QED) is 0.896. The van der Waals surface area contributed by atoms with Crippen molar-refractivity contribution < 1.29 is 9.90 Å². The molecule has 2 heterocycles. The summed E-state index contributed by atoms with van der Waals surface area (Å²) >= 11 is 6.05. The Bertz CT molecular complexity index is 784. The number of amides is 1. The lowest BCUT2D eigenvalue weighted by Gasteiger charge is -2.18. The van der Waals surface area contributed by atoms with Crippen LogP contribution in [-0.2, 0) is 0 Å². The van der Waals surface area contributed by atoms with Gasteiger partial charge in [0.25, 0.3) is 5.91 Å². The van der Waals surface area contributed by atoms with E-state index in [4.69, 9.17) is 11.6 Å². The number of pyridine rings is 1. The number of nitrogens with zero attached hydrogens (tertiary/aromatic N) is 2. The van der Waals surface area contributed by atoms with Gasteiger partial charge in [-0.05, 0) is 56.5 Å². The average molecular weight is 345 g/mol. The number of phenols is 1. The van der Waals surface area contributed by atoms with Gasteiger partial charge in [0.05, 0.1) is 0 Å². The maximum Gasteiger partial charge on any atom is 0.254 e. The molecule has 1 aliphatic heterocycles. The predicted octanol–water partition coefficient (Wildman–Crippen LogP) is 4.00. The second-order valence-electron chi connectivity index (χ2n) is 6.54. The molecule has 3 rings (SSSR count). The maximum absolute atomic E-state index is 12.7. The van der Waals surface area contributed by atoms with Crippen LogP contribution in [0.25, 0.3) is 0 Å². The molecule has 1 atom stereocenters. The molecule has 0 bridgehead atoms. The summed E-state index contributed by atoms with van der Waals surface area (Å²) in [6, 6.07) is 7.17. The SMILES string of the molecule is Cc1cc(C(=O)N2CCC(c3cc(C)c(Cl)cc3O)C2)cc(C)n1. The van der Waals surface area contributed by atoms with E-state index in [-0.39, 0.29) is 17.6 Å². The summed E-state index contributed by atoms with van der Waals surface area (Å²) in [5, 5.41) is 10.8. The second kappa shape index (κ2) is 6.44. The monoisotopic (exact) mass is 344 g/mol. The van der Waals surface area contributed by atoms with Gasteiger partial charge in [-0.25, -0.2) is 0 Å². The summed E-state index contributed by atoms with van der Waals surface area (Å²) in [6.45, 7) is 7.00. The van der Waals surface area contributed by atoms with Crippen molar-refractivity contribution in [3.05, 3.63) is 57.4 Å². The predicted molar refractivity (Wildman–Crippen MR) is 94.8 cm³/mol. The Morgan fingerprint density at radius 1 is 1.21 bits per heavy atom. The molecular weight excluding hydrogens is 324 g/mol. The largest absolute Gasteiger partial charge is 0.508 e. The number of aromatic nitrogens is 1. The summed E-state index contributed by atoms with van der Waals surface area (Å²) < 4.78 is 0. The number of hydrogen-bond donors (Lipinski definition) is 1. The van der Waals surface area contributed by atoms with Crippen molar-refractivity contribution in [3.63, 3.8) is 0 Å². The van der Waals surface area contributed by atoms with E-state index >= 15 is 0 Å². The van der Waals surface area contributed by atoms with Crippen molar-refractivity contribution in [3.8, 4) is 5.75 Å². The number of aromatic hydroxyl groups is 1. The fourth-order valence-corrected chi connectivity index (χ4v) is 3.52. The lowest BCUT2D eigenvalue weighted by atomic mass is 9.96. The number of likely N-dealkylation sites (tertiary alicyclic amines) is 1. The van der Waals surface area contributed by atoms with Crippen molar-refractivity contribution in [2.45, 2.75) is 33.1 Å². The lowest BCUT2D eigenvalue weighted by molar-refractivity contribution is 0.0790. The molecule has 1 aliphatic rings. The number of carbonyl (C=O) groups is 1. The van der Waals surface area contributed by atoms with Gasteiger partial charge in [-0.1, -0.05) is 17.7 Å². The Labute approximate surface area is 147 Å².